The fourth-order valence-electron chi connectivity index (χ4n) is 2.03. The van der Waals surface area contributed by atoms with Gasteiger partial charge in [0.1, 0.15) is 12.4 Å². The van der Waals surface area contributed by atoms with Crippen LogP contribution >= 0.6 is 0 Å². The Kier molecular flexibility index (Phi) is 4.82. The Morgan fingerprint density at radius 2 is 1.95 bits per heavy atom. The topological polar surface area (TPSA) is 64.3 Å². The molecule has 4 heteroatoms. The lowest BCUT2D eigenvalue weighted by molar-refractivity contribution is 0.0946. The minimum atomic E-state index is -0.132. The van der Waals surface area contributed by atoms with Crippen molar-refractivity contribution >= 4 is 11.6 Å². The molecule has 110 valence electrons. The van der Waals surface area contributed by atoms with E-state index in [2.05, 4.69) is 5.32 Å². The van der Waals surface area contributed by atoms with Crippen molar-refractivity contribution in [3.8, 4) is 5.75 Å². The van der Waals surface area contributed by atoms with Crippen LogP contribution in [0.5, 0.6) is 5.75 Å². The Morgan fingerprint density at radius 1 is 1.19 bits per heavy atom. The third-order valence-corrected chi connectivity index (χ3v) is 3.27. The number of rotatable bonds is 5. The highest BCUT2D eigenvalue weighted by Gasteiger charge is 2.09. The Balaban J connectivity index is 1.83. The molecule has 2 rings (SSSR count). The van der Waals surface area contributed by atoms with E-state index in [4.69, 9.17) is 10.5 Å². The van der Waals surface area contributed by atoms with E-state index >= 15 is 0 Å². The first kappa shape index (κ1) is 14.9. The van der Waals surface area contributed by atoms with E-state index in [0.29, 0.717) is 24.4 Å². The number of aryl methyl sites for hydroxylation is 1. The molecule has 2 aromatic rings. The van der Waals surface area contributed by atoms with Gasteiger partial charge in [-0.1, -0.05) is 18.2 Å². The molecule has 0 heterocycles. The van der Waals surface area contributed by atoms with Gasteiger partial charge in [-0.3, -0.25) is 4.79 Å². The lowest BCUT2D eigenvalue weighted by Crippen LogP contribution is -2.28. The largest absolute Gasteiger partial charge is 0.492 e. The highest BCUT2D eigenvalue weighted by atomic mass is 16.5. The first-order valence-corrected chi connectivity index (χ1v) is 6.90. The molecule has 0 atom stereocenters. The summed E-state index contributed by atoms with van der Waals surface area (Å²) in [5, 5.41) is 2.83. The number of hydrogen-bond donors (Lipinski definition) is 2. The molecule has 0 spiro atoms. The molecule has 0 saturated heterocycles. The molecule has 0 unspecified atom stereocenters. The van der Waals surface area contributed by atoms with Gasteiger partial charge >= 0.3 is 0 Å². The van der Waals surface area contributed by atoms with Gasteiger partial charge in [0.15, 0.2) is 0 Å². The minimum absolute atomic E-state index is 0.132. The molecule has 1 amide bonds. The number of carbonyl (C=O) groups excluding carboxylic acids is 1. The van der Waals surface area contributed by atoms with E-state index in [1.807, 2.05) is 38.1 Å². The third kappa shape index (κ3) is 3.99. The summed E-state index contributed by atoms with van der Waals surface area (Å²) in [5.74, 6) is 0.678. The summed E-state index contributed by atoms with van der Waals surface area (Å²) in [6.07, 6.45) is 0. The molecule has 0 aromatic heterocycles. The molecule has 4 nitrogen and oxygen atoms in total. The smallest absolute Gasteiger partial charge is 0.251 e. The SMILES string of the molecule is Cc1cccc(OCCNC(=O)c2cccc(N)c2C)c1. The molecule has 0 fully saturated rings. The summed E-state index contributed by atoms with van der Waals surface area (Å²) in [4.78, 5) is 12.1. The number of nitrogens with two attached hydrogens (primary N) is 1. The molecular weight excluding hydrogens is 264 g/mol. The second kappa shape index (κ2) is 6.79. The number of nitrogens with one attached hydrogen (secondary N) is 1. The maximum absolute atomic E-state index is 12.1. The van der Waals surface area contributed by atoms with Gasteiger partial charge in [0.2, 0.25) is 0 Å². The third-order valence-electron chi connectivity index (χ3n) is 3.27. The van der Waals surface area contributed by atoms with Gasteiger partial charge in [-0.05, 0) is 49.2 Å². The van der Waals surface area contributed by atoms with E-state index in [1.165, 1.54) is 0 Å². The second-order valence-electron chi connectivity index (χ2n) is 4.94. The standard InChI is InChI=1S/C17H20N2O2/c1-12-5-3-6-14(11-12)21-10-9-19-17(20)15-7-4-8-16(18)13(15)2/h3-8,11H,9-10,18H2,1-2H3,(H,19,20). The van der Waals surface area contributed by atoms with Crippen molar-refractivity contribution in [1.82, 2.24) is 5.32 Å². The van der Waals surface area contributed by atoms with Crippen LogP contribution in [0, 0.1) is 13.8 Å². The fraction of sp³-hybridized carbons (Fsp3) is 0.235. The zero-order valence-electron chi connectivity index (χ0n) is 12.3. The summed E-state index contributed by atoms with van der Waals surface area (Å²) in [5.41, 5.74) is 8.97. The molecular formula is C17H20N2O2. The Morgan fingerprint density at radius 3 is 2.71 bits per heavy atom. The number of ether oxygens (including phenoxy) is 1. The van der Waals surface area contributed by atoms with Gasteiger partial charge < -0.3 is 15.8 Å². The van der Waals surface area contributed by atoms with E-state index in [9.17, 15) is 4.79 Å². The van der Waals surface area contributed by atoms with E-state index in [0.717, 1.165) is 16.9 Å². The van der Waals surface area contributed by atoms with Gasteiger partial charge in [-0.25, -0.2) is 0 Å². The monoisotopic (exact) mass is 284 g/mol. The van der Waals surface area contributed by atoms with Crippen LogP contribution in [0.2, 0.25) is 0 Å². The number of anilines is 1. The van der Waals surface area contributed by atoms with Gasteiger partial charge in [-0.2, -0.15) is 0 Å². The first-order valence-electron chi connectivity index (χ1n) is 6.90. The Bertz CT molecular complexity index is 638. The van der Waals surface area contributed by atoms with Crippen LogP contribution in [0.4, 0.5) is 5.69 Å². The predicted octanol–water partition coefficient (Wildman–Crippen LogP) is 2.69. The van der Waals surface area contributed by atoms with Crippen molar-refractivity contribution in [2.45, 2.75) is 13.8 Å². The van der Waals surface area contributed by atoms with E-state index in [-0.39, 0.29) is 5.91 Å². The second-order valence-corrected chi connectivity index (χ2v) is 4.94. The number of carbonyl (C=O) groups is 1. The Labute approximate surface area is 124 Å². The van der Waals surface area contributed by atoms with Gasteiger partial charge in [0, 0.05) is 11.3 Å². The lowest BCUT2D eigenvalue weighted by Gasteiger charge is -2.10. The summed E-state index contributed by atoms with van der Waals surface area (Å²) in [6.45, 7) is 4.72. The molecule has 0 aliphatic heterocycles. The van der Waals surface area contributed by atoms with Gasteiger partial charge in [-0.15, -0.1) is 0 Å². The summed E-state index contributed by atoms with van der Waals surface area (Å²) in [6, 6.07) is 13.1. The van der Waals surface area contributed by atoms with Crippen LogP contribution < -0.4 is 15.8 Å². The average molecular weight is 284 g/mol. The number of benzene rings is 2. The van der Waals surface area contributed by atoms with Crippen LogP contribution in [0.3, 0.4) is 0 Å². The molecule has 0 aliphatic carbocycles. The van der Waals surface area contributed by atoms with Crippen LogP contribution in [-0.2, 0) is 0 Å². The summed E-state index contributed by atoms with van der Waals surface area (Å²) < 4.78 is 5.59. The Hall–Kier alpha value is -2.49. The molecule has 0 radical (unpaired) electrons. The number of hydrogen-bond acceptors (Lipinski definition) is 3. The maximum atomic E-state index is 12.1. The molecule has 0 bridgehead atoms. The zero-order valence-corrected chi connectivity index (χ0v) is 12.3. The van der Waals surface area contributed by atoms with Crippen LogP contribution in [-0.4, -0.2) is 19.1 Å². The van der Waals surface area contributed by atoms with E-state index in [1.54, 1.807) is 18.2 Å². The number of amides is 1. The molecule has 2 aromatic carbocycles. The van der Waals surface area contributed by atoms with Crippen molar-refractivity contribution in [2.24, 2.45) is 0 Å². The van der Waals surface area contributed by atoms with Gasteiger partial charge in [0.25, 0.3) is 5.91 Å². The van der Waals surface area contributed by atoms with Crippen molar-refractivity contribution in [2.75, 3.05) is 18.9 Å². The minimum Gasteiger partial charge on any atom is -0.492 e. The van der Waals surface area contributed by atoms with Crippen molar-refractivity contribution in [3.63, 3.8) is 0 Å². The first-order chi connectivity index (χ1) is 10.1. The average Bonchev–Trinajstić information content (AvgIpc) is 2.46. The highest BCUT2D eigenvalue weighted by molar-refractivity contribution is 5.96. The zero-order chi connectivity index (χ0) is 15.2. The van der Waals surface area contributed by atoms with Gasteiger partial charge in [0.05, 0.1) is 6.54 Å². The van der Waals surface area contributed by atoms with Crippen LogP contribution in [0.25, 0.3) is 0 Å². The molecule has 3 N–H and O–H groups in total. The normalized spacial score (nSPS) is 10.2. The molecule has 0 saturated carbocycles. The van der Waals surface area contributed by atoms with Crippen molar-refractivity contribution in [1.29, 1.82) is 0 Å². The lowest BCUT2D eigenvalue weighted by atomic mass is 10.1. The van der Waals surface area contributed by atoms with Crippen molar-refractivity contribution in [3.05, 3.63) is 59.2 Å². The molecule has 0 aliphatic rings. The van der Waals surface area contributed by atoms with Crippen molar-refractivity contribution < 1.29 is 9.53 Å². The summed E-state index contributed by atoms with van der Waals surface area (Å²) >= 11 is 0. The fourth-order valence-corrected chi connectivity index (χ4v) is 2.03. The number of nitrogen functional groups attached to an aromatic ring is 1. The highest BCUT2D eigenvalue weighted by Crippen LogP contribution is 2.15. The quantitative estimate of drug-likeness (QED) is 0.655. The summed E-state index contributed by atoms with van der Waals surface area (Å²) in [7, 11) is 0. The van der Waals surface area contributed by atoms with Crippen LogP contribution in [0.1, 0.15) is 21.5 Å². The predicted molar refractivity (Wildman–Crippen MR) is 84.6 cm³/mol. The van der Waals surface area contributed by atoms with Crippen LogP contribution in [0.15, 0.2) is 42.5 Å². The molecule has 21 heavy (non-hydrogen) atoms. The van der Waals surface area contributed by atoms with E-state index < -0.39 is 0 Å². The maximum Gasteiger partial charge on any atom is 0.251 e.